The van der Waals surface area contributed by atoms with Crippen LogP contribution in [0.1, 0.15) is 19.4 Å². The Balaban J connectivity index is 2.23. The predicted octanol–water partition coefficient (Wildman–Crippen LogP) is 1.55. The predicted molar refractivity (Wildman–Crippen MR) is 75.7 cm³/mol. The molecule has 1 atom stereocenters. The summed E-state index contributed by atoms with van der Waals surface area (Å²) >= 11 is 0. The second-order valence-electron chi connectivity index (χ2n) is 5.00. The second-order valence-corrected chi connectivity index (χ2v) is 5.00. The molecule has 0 aliphatic carbocycles. The Hall–Kier alpha value is -2.08. The summed E-state index contributed by atoms with van der Waals surface area (Å²) < 4.78 is 0. The molecule has 0 aromatic heterocycles. The summed E-state index contributed by atoms with van der Waals surface area (Å²) in [4.78, 5) is 27.3. The average molecular weight is 276 g/mol. The van der Waals surface area contributed by atoms with Gasteiger partial charge in [-0.25, -0.2) is 14.5 Å². The Morgan fingerprint density at radius 1 is 1.25 bits per heavy atom. The lowest BCUT2D eigenvalue weighted by Gasteiger charge is -2.42. The molecule has 6 nitrogen and oxygen atoms in total. The Bertz CT molecular complexity index is 489. The minimum absolute atomic E-state index is 0.182. The van der Waals surface area contributed by atoms with Crippen LogP contribution in [-0.4, -0.2) is 41.2 Å². The number of carbonyl (C=O) groups excluding carboxylic acids is 2. The van der Waals surface area contributed by atoms with E-state index in [1.54, 1.807) is 11.9 Å². The first-order valence-electron chi connectivity index (χ1n) is 6.66. The van der Waals surface area contributed by atoms with E-state index in [1.807, 2.05) is 44.2 Å². The molecule has 2 rings (SSSR count). The van der Waals surface area contributed by atoms with Crippen LogP contribution < -0.4 is 10.6 Å². The average Bonchev–Trinajstić information content (AvgIpc) is 2.42. The van der Waals surface area contributed by atoms with Crippen molar-refractivity contribution in [2.75, 3.05) is 7.05 Å². The zero-order valence-corrected chi connectivity index (χ0v) is 12.0. The van der Waals surface area contributed by atoms with E-state index in [0.717, 1.165) is 5.56 Å². The zero-order valence-electron chi connectivity index (χ0n) is 12.0. The van der Waals surface area contributed by atoms with E-state index in [4.69, 9.17) is 0 Å². The van der Waals surface area contributed by atoms with E-state index in [2.05, 4.69) is 10.6 Å². The maximum absolute atomic E-state index is 12.5. The van der Waals surface area contributed by atoms with E-state index >= 15 is 0 Å². The Kier molecular flexibility index (Phi) is 4.24. The summed E-state index contributed by atoms with van der Waals surface area (Å²) in [5.74, 6) is 0. The molecule has 20 heavy (non-hydrogen) atoms. The van der Waals surface area contributed by atoms with Gasteiger partial charge in [0.2, 0.25) is 0 Å². The van der Waals surface area contributed by atoms with Crippen LogP contribution in [-0.2, 0) is 6.54 Å². The van der Waals surface area contributed by atoms with Gasteiger partial charge in [0.05, 0.1) is 6.54 Å². The van der Waals surface area contributed by atoms with E-state index in [9.17, 15) is 9.59 Å². The van der Waals surface area contributed by atoms with Crippen LogP contribution in [0.25, 0.3) is 0 Å². The molecule has 1 unspecified atom stereocenters. The fourth-order valence-corrected chi connectivity index (χ4v) is 2.22. The first-order chi connectivity index (χ1) is 9.54. The number of hydrogen-bond donors (Lipinski definition) is 2. The van der Waals surface area contributed by atoms with Crippen LogP contribution >= 0.6 is 0 Å². The summed E-state index contributed by atoms with van der Waals surface area (Å²) in [5, 5.41) is 5.72. The Labute approximate surface area is 118 Å². The third kappa shape index (κ3) is 2.75. The fourth-order valence-electron chi connectivity index (χ4n) is 2.22. The van der Waals surface area contributed by atoms with Gasteiger partial charge in [0.1, 0.15) is 0 Å². The molecular weight excluding hydrogens is 256 g/mol. The van der Waals surface area contributed by atoms with E-state index in [0.29, 0.717) is 6.54 Å². The van der Waals surface area contributed by atoms with Crippen LogP contribution in [0.4, 0.5) is 9.59 Å². The van der Waals surface area contributed by atoms with Gasteiger partial charge < -0.3 is 5.32 Å². The molecule has 1 saturated heterocycles. The highest BCUT2D eigenvalue weighted by molar-refractivity contribution is 5.96. The van der Waals surface area contributed by atoms with Crippen LogP contribution in [0.3, 0.4) is 0 Å². The van der Waals surface area contributed by atoms with Gasteiger partial charge in [-0.2, -0.15) is 0 Å². The highest BCUT2D eigenvalue weighted by Crippen LogP contribution is 2.16. The molecule has 1 heterocycles. The molecule has 0 bridgehead atoms. The number of benzene rings is 1. The standard InChI is InChI=1S/C14H20N4O2/c1-10(2)18-13(19)16-12(15-3)17(14(18)20)9-11-7-5-4-6-8-11/h4-8,10,12,15H,9H2,1-3H3,(H,16,19). The van der Waals surface area contributed by atoms with Gasteiger partial charge in [-0.05, 0) is 26.5 Å². The topological polar surface area (TPSA) is 64.7 Å². The molecule has 1 aromatic rings. The van der Waals surface area contributed by atoms with Crippen molar-refractivity contribution < 1.29 is 9.59 Å². The number of amides is 4. The van der Waals surface area contributed by atoms with Crippen LogP contribution in [0.2, 0.25) is 0 Å². The molecule has 108 valence electrons. The van der Waals surface area contributed by atoms with Gasteiger partial charge in [-0.1, -0.05) is 30.3 Å². The van der Waals surface area contributed by atoms with Crippen LogP contribution in [0.15, 0.2) is 30.3 Å². The lowest BCUT2D eigenvalue weighted by atomic mass is 10.2. The van der Waals surface area contributed by atoms with E-state index < -0.39 is 6.29 Å². The SMILES string of the molecule is CNC1NC(=O)N(C(C)C)C(=O)N1Cc1ccccc1. The molecule has 1 aliphatic rings. The van der Waals surface area contributed by atoms with Crippen molar-refractivity contribution in [3.63, 3.8) is 0 Å². The molecule has 4 amide bonds. The molecule has 2 N–H and O–H groups in total. The molecule has 6 heteroatoms. The van der Waals surface area contributed by atoms with Crippen molar-refractivity contribution in [1.29, 1.82) is 0 Å². The number of imide groups is 1. The lowest BCUT2D eigenvalue weighted by Crippen LogP contribution is -2.69. The number of nitrogens with one attached hydrogen (secondary N) is 2. The zero-order chi connectivity index (χ0) is 14.7. The molecule has 0 saturated carbocycles. The summed E-state index contributed by atoms with van der Waals surface area (Å²) in [5.41, 5.74) is 1.01. The first kappa shape index (κ1) is 14.3. The molecule has 0 radical (unpaired) electrons. The molecule has 0 spiro atoms. The smallest absolute Gasteiger partial charge is 0.304 e. The summed E-state index contributed by atoms with van der Waals surface area (Å²) in [7, 11) is 1.71. The van der Waals surface area contributed by atoms with Crippen molar-refractivity contribution in [3.8, 4) is 0 Å². The van der Waals surface area contributed by atoms with Crippen molar-refractivity contribution in [2.45, 2.75) is 32.7 Å². The normalized spacial score (nSPS) is 19.5. The minimum Gasteiger partial charge on any atom is -0.304 e. The van der Waals surface area contributed by atoms with Crippen molar-refractivity contribution in [2.24, 2.45) is 0 Å². The third-order valence-electron chi connectivity index (χ3n) is 3.23. The molecule has 1 fully saturated rings. The molecular formula is C14H20N4O2. The number of urea groups is 2. The summed E-state index contributed by atoms with van der Waals surface area (Å²) in [6, 6.07) is 8.86. The van der Waals surface area contributed by atoms with Crippen molar-refractivity contribution >= 4 is 12.1 Å². The van der Waals surface area contributed by atoms with Gasteiger partial charge in [-0.15, -0.1) is 0 Å². The number of nitrogens with zero attached hydrogens (tertiary/aromatic N) is 2. The number of rotatable bonds is 4. The first-order valence-corrected chi connectivity index (χ1v) is 6.66. The van der Waals surface area contributed by atoms with Crippen LogP contribution in [0, 0.1) is 0 Å². The largest absolute Gasteiger partial charge is 0.331 e. The van der Waals surface area contributed by atoms with Gasteiger partial charge in [0, 0.05) is 6.04 Å². The fraction of sp³-hybridized carbons (Fsp3) is 0.429. The van der Waals surface area contributed by atoms with Crippen molar-refractivity contribution in [3.05, 3.63) is 35.9 Å². The molecule has 1 aliphatic heterocycles. The van der Waals surface area contributed by atoms with E-state index in [1.165, 1.54) is 4.90 Å². The Morgan fingerprint density at radius 2 is 1.90 bits per heavy atom. The second kappa shape index (κ2) is 5.92. The van der Waals surface area contributed by atoms with Gasteiger partial charge in [-0.3, -0.25) is 10.2 Å². The monoisotopic (exact) mass is 276 g/mol. The number of hydrogen-bond acceptors (Lipinski definition) is 3. The van der Waals surface area contributed by atoms with Gasteiger partial charge in [0.15, 0.2) is 6.29 Å². The Morgan fingerprint density at radius 3 is 2.45 bits per heavy atom. The maximum Gasteiger partial charge on any atom is 0.331 e. The van der Waals surface area contributed by atoms with Gasteiger partial charge in [0.25, 0.3) is 0 Å². The highest BCUT2D eigenvalue weighted by Gasteiger charge is 2.38. The number of carbonyl (C=O) groups is 2. The summed E-state index contributed by atoms with van der Waals surface area (Å²) in [6.07, 6.45) is -0.495. The quantitative estimate of drug-likeness (QED) is 0.877. The minimum atomic E-state index is -0.495. The van der Waals surface area contributed by atoms with Gasteiger partial charge >= 0.3 is 12.1 Å². The maximum atomic E-state index is 12.5. The lowest BCUT2D eigenvalue weighted by molar-refractivity contribution is 0.0807. The summed E-state index contributed by atoms with van der Waals surface area (Å²) in [6.45, 7) is 4.07. The van der Waals surface area contributed by atoms with E-state index in [-0.39, 0.29) is 18.1 Å². The third-order valence-corrected chi connectivity index (χ3v) is 3.23. The van der Waals surface area contributed by atoms with Crippen molar-refractivity contribution in [1.82, 2.24) is 20.4 Å². The molecule has 1 aromatic carbocycles. The highest BCUT2D eigenvalue weighted by atomic mass is 16.2. The van der Waals surface area contributed by atoms with Crippen LogP contribution in [0.5, 0.6) is 0 Å².